The van der Waals surface area contributed by atoms with Crippen molar-refractivity contribution in [1.82, 2.24) is 0 Å². The summed E-state index contributed by atoms with van der Waals surface area (Å²) in [7, 11) is 0. The molecule has 1 rings (SSSR count). The lowest BCUT2D eigenvalue weighted by Gasteiger charge is -2.08. The predicted octanol–water partition coefficient (Wildman–Crippen LogP) is 1.44. The van der Waals surface area contributed by atoms with Gasteiger partial charge < -0.3 is 11.5 Å². The Labute approximate surface area is 75.5 Å². The maximum absolute atomic E-state index is 13.1. The largest absolute Gasteiger partial charge is 0.399 e. The van der Waals surface area contributed by atoms with Gasteiger partial charge in [-0.15, -0.1) is 0 Å². The van der Waals surface area contributed by atoms with Crippen LogP contribution in [-0.4, -0.2) is 6.04 Å². The van der Waals surface area contributed by atoms with Crippen LogP contribution in [0.2, 0.25) is 0 Å². The van der Waals surface area contributed by atoms with Gasteiger partial charge in [0.15, 0.2) is 0 Å². The Hall–Kier alpha value is -1.16. The third-order valence-corrected chi connectivity index (χ3v) is 1.69. The van der Waals surface area contributed by atoms with Crippen molar-refractivity contribution in [1.29, 1.82) is 0 Å². The molecule has 0 aromatic heterocycles. The molecule has 1 aromatic rings. The highest BCUT2D eigenvalue weighted by molar-refractivity contribution is 5.41. The third-order valence-electron chi connectivity index (χ3n) is 1.69. The molecule has 0 radical (unpaired) electrons. The van der Waals surface area contributed by atoms with Crippen LogP contribution in [0.4, 0.5) is 14.5 Å². The van der Waals surface area contributed by atoms with Crippen LogP contribution in [0.5, 0.6) is 0 Å². The van der Waals surface area contributed by atoms with Crippen molar-refractivity contribution < 1.29 is 8.78 Å². The molecule has 72 valence electrons. The first-order valence-electron chi connectivity index (χ1n) is 3.99. The van der Waals surface area contributed by atoms with Gasteiger partial charge in [-0.2, -0.15) is 0 Å². The smallest absolute Gasteiger partial charge is 0.131 e. The second-order valence-electron chi connectivity index (χ2n) is 3.14. The van der Waals surface area contributed by atoms with E-state index in [0.717, 1.165) is 12.1 Å². The molecule has 0 aliphatic heterocycles. The molecule has 13 heavy (non-hydrogen) atoms. The van der Waals surface area contributed by atoms with Gasteiger partial charge in [0.2, 0.25) is 0 Å². The Morgan fingerprint density at radius 3 is 2.15 bits per heavy atom. The van der Waals surface area contributed by atoms with Crippen molar-refractivity contribution in [2.24, 2.45) is 5.73 Å². The van der Waals surface area contributed by atoms with Crippen LogP contribution >= 0.6 is 0 Å². The first kappa shape index (κ1) is 9.92. The highest BCUT2D eigenvalue weighted by Crippen LogP contribution is 2.17. The summed E-state index contributed by atoms with van der Waals surface area (Å²) >= 11 is 0. The third kappa shape index (κ3) is 2.39. The zero-order chi connectivity index (χ0) is 10.0. The Balaban J connectivity index is 3.06. The Bertz CT molecular complexity index is 287. The van der Waals surface area contributed by atoms with Crippen molar-refractivity contribution in [3.05, 3.63) is 29.3 Å². The molecule has 1 aromatic carbocycles. The molecule has 0 spiro atoms. The van der Waals surface area contributed by atoms with Crippen molar-refractivity contribution in [2.45, 2.75) is 19.4 Å². The van der Waals surface area contributed by atoms with E-state index in [1.54, 1.807) is 6.92 Å². The number of nitrogens with two attached hydrogens (primary N) is 2. The van der Waals surface area contributed by atoms with Crippen LogP contribution in [0.25, 0.3) is 0 Å². The van der Waals surface area contributed by atoms with Gasteiger partial charge in [-0.3, -0.25) is 0 Å². The van der Waals surface area contributed by atoms with E-state index in [4.69, 9.17) is 11.5 Å². The molecule has 0 aliphatic rings. The summed E-state index contributed by atoms with van der Waals surface area (Å²) in [6.07, 6.45) is 0.179. The minimum atomic E-state index is -0.630. The van der Waals surface area contributed by atoms with E-state index in [2.05, 4.69) is 0 Å². The van der Waals surface area contributed by atoms with Crippen LogP contribution in [0, 0.1) is 11.6 Å². The molecule has 0 saturated carbocycles. The quantitative estimate of drug-likeness (QED) is 0.686. The summed E-state index contributed by atoms with van der Waals surface area (Å²) in [5.74, 6) is -1.26. The van der Waals surface area contributed by atoms with Crippen molar-refractivity contribution >= 4 is 5.69 Å². The van der Waals surface area contributed by atoms with E-state index >= 15 is 0 Å². The van der Waals surface area contributed by atoms with Gasteiger partial charge in [0.05, 0.1) is 0 Å². The summed E-state index contributed by atoms with van der Waals surface area (Å²) in [4.78, 5) is 0. The molecule has 4 N–H and O–H groups in total. The minimum absolute atomic E-state index is 0.00389. The molecule has 0 bridgehead atoms. The molecular formula is C9H12F2N2. The number of hydrogen-bond acceptors (Lipinski definition) is 2. The van der Waals surface area contributed by atoms with E-state index in [9.17, 15) is 8.78 Å². The fourth-order valence-electron chi connectivity index (χ4n) is 1.14. The maximum atomic E-state index is 13.1. The van der Waals surface area contributed by atoms with Crippen LogP contribution in [-0.2, 0) is 6.42 Å². The van der Waals surface area contributed by atoms with E-state index < -0.39 is 11.6 Å². The molecule has 0 fully saturated rings. The lowest BCUT2D eigenvalue weighted by atomic mass is 10.1. The lowest BCUT2D eigenvalue weighted by Crippen LogP contribution is -2.19. The average Bonchev–Trinajstić information content (AvgIpc) is 1.96. The van der Waals surface area contributed by atoms with Gasteiger partial charge >= 0.3 is 0 Å². The molecule has 0 aliphatic carbocycles. The molecule has 2 nitrogen and oxygen atoms in total. The van der Waals surface area contributed by atoms with Gasteiger partial charge in [0, 0.05) is 17.3 Å². The number of hydrogen-bond donors (Lipinski definition) is 2. The Morgan fingerprint density at radius 1 is 1.31 bits per heavy atom. The first-order chi connectivity index (χ1) is 6.00. The molecule has 0 saturated heterocycles. The highest BCUT2D eigenvalue weighted by atomic mass is 19.1. The van der Waals surface area contributed by atoms with Gasteiger partial charge in [-0.05, 0) is 25.5 Å². The molecular weight excluding hydrogens is 174 g/mol. The topological polar surface area (TPSA) is 52.0 Å². The predicted molar refractivity (Wildman–Crippen MR) is 48.1 cm³/mol. The summed E-state index contributed by atoms with van der Waals surface area (Å²) in [5.41, 5.74) is 10.8. The first-order valence-corrected chi connectivity index (χ1v) is 3.99. The number of benzene rings is 1. The summed E-state index contributed by atoms with van der Waals surface area (Å²) in [5, 5.41) is 0. The molecule has 1 unspecified atom stereocenters. The number of nitrogen functional groups attached to an aromatic ring is 1. The summed E-state index contributed by atoms with van der Waals surface area (Å²) in [6, 6.07) is 1.93. The second-order valence-corrected chi connectivity index (χ2v) is 3.14. The van der Waals surface area contributed by atoms with E-state index in [1.165, 1.54) is 0 Å². The minimum Gasteiger partial charge on any atom is -0.399 e. The summed E-state index contributed by atoms with van der Waals surface area (Å²) in [6.45, 7) is 1.69. The van der Waals surface area contributed by atoms with Crippen molar-refractivity contribution in [3.63, 3.8) is 0 Å². The Kier molecular flexibility index (Phi) is 2.83. The maximum Gasteiger partial charge on any atom is 0.131 e. The van der Waals surface area contributed by atoms with E-state index in [1.807, 2.05) is 0 Å². The molecule has 0 amide bonds. The highest BCUT2D eigenvalue weighted by Gasteiger charge is 2.11. The van der Waals surface area contributed by atoms with Crippen LogP contribution < -0.4 is 11.5 Å². The van der Waals surface area contributed by atoms with Crippen molar-refractivity contribution in [3.8, 4) is 0 Å². The van der Waals surface area contributed by atoms with Gasteiger partial charge in [-0.1, -0.05) is 0 Å². The van der Waals surface area contributed by atoms with Gasteiger partial charge in [0.25, 0.3) is 0 Å². The fourth-order valence-corrected chi connectivity index (χ4v) is 1.14. The monoisotopic (exact) mass is 186 g/mol. The summed E-state index contributed by atoms with van der Waals surface area (Å²) < 4.78 is 26.2. The van der Waals surface area contributed by atoms with E-state index in [-0.39, 0.29) is 23.7 Å². The standard InChI is InChI=1S/C9H12F2N2/c1-5(12)2-7-8(10)3-6(13)4-9(7)11/h3-5H,2,12-13H2,1H3. The Morgan fingerprint density at radius 2 is 1.77 bits per heavy atom. The number of halogens is 2. The number of anilines is 1. The SMILES string of the molecule is CC(N)Cc1c(F)cc(N)cc1F. The molecule has 1 atom stereocenters. The molecule has 4 heteroatoms. The average molecular weight is 186 g/mol. The zero-order valence-electron chi connectivity index (χ0n) is 7.35. The lowest BCUT2D eigenvalue weighted by molar-refractivity contribution is 0.543. The van der Waals surface area contributed by atoms with E-state index in [0.29, 0.717) is 0 Å². The molecule has 0 heterocycles. The van der Waals surface area contributed by atoms with Gasteiger partial charge in [0.1, 0.15) is 11.6 Å². The fraction of sp³-hybridized carbons (Fsp3) is 0.333. The zero-order valence-corrected chi connectivity index (χ0v) is 7.35. The van der Waals surface area contributed by atoms with Gasteiger partial charge in [-0.25, -0.2) is 8.78 Å². The number of rotatable bonds is 2. The second kappa shape index (κ2) is 3.70. The van der Waals surface area contributed by atoms with Crippen LogP contribution in [0.15, 0.2) is 12.1 Å². The van der Waals surface area contributed by atoms with Crippen LogP contribution in [0.1, 0.15) is 12.5 Å². The van der Waals surface area contributed by atoms with Crippen molar-refractivity contribution in [2.75, 3.05) is 5.73 Å². The van der Waals surface area contributed by atoms with Crippen LogP contribution in [0.3, 0.4) is 0 Å². The normalized spacial score (nSPS) is 12.9.